The molecule has 0 aliphatic heterocycles. The maximum absolute atomic E-state index is 11.3. The van der Waals surface area contributed by atoms with Crippen LogP contribution >= 0.6 is 24.0 Å². The highest BCUT2D eigenvalue weighted by molar-refractivity contribution is 8.23. The molecule has 1 atom stereocenters. The first kappa shape index (κ1) is 15.1. The molecule has 6 nitrogen and oxygen atoms in total. The zero-order valence-corrected chi connectivity index (χ0v) is 10.6. The Morgan fingerprint density at radius 2 is 2.06 bits per heavy atom. The molecule has 1 unspecified atom stereocenters. The lowest BCUT2D eigenvalue weighted by atomic mass is 10.3. The summed E-state index contributed by atoms with van der Waals surface area (Å²) in [5.41, 5.74) is 0. The predicted octanol–water partition coefficient (Wildman–Crippen LogP) is -0.872. The van der Waals surface area contributed by atoms with Crippen LogP contribution in [0.5, 0.6) is 0 Å². The molecular formula is C8H14N2O4S2. The topological polar surface area (TPSA) is 89.9 Å². The normalized spacial score (nSPS) is 11.7. The van der Waals surface area contributed by atoms with E-state index in [1.165, 1.54) is 0 Å². The third-order valence-electron chi connectivity index (χ3n) is 1.51. The van der Waals surface area contributed by atoms with Crippen molar-refractivity contribution in [2.45, 2.75) is 6.04 Å². The van der Waals surface area contributed by atoms with Crippen molar-refractivity contribution in [1.82, 2.24) is 10.2 Å². The number of nitrogens with zero attached hydrogens (tertiary/aromatic N) is 1. The van der Waals surface area contributed by atoms with E-state index < -0.39 is 24.5 Å². The Kier molecular flexibility index (Phi) is 7.02. The van der Waals surface area contributed by atoms with Crippen LogP contribution in [0.3, 0.4) is 0 Å². The van der Waals surface area contributed by atoms with Gasteiger partial charge in [0.25, 0.3) is 0 Å². The molecule has 0 heterocycles. The van der Waals surface area contributed by atoms with Gasteiger partial charge in [-0.2, -0.15) is 0 Å². The Hall–Kier alpha value is -0.860. The van der Waals surface area contributed by atoms with Gasteiger partial charge in [-0.05, 0) is 0 Å². The first-order valence-corrected chi connectivity index (χ1v) is 5.75. The fourth-order valence-corrected chi connectivity index (χ4v) is 1.45. The van der Waals surface area contributed by atoms with Crippen molar-refractivity contribution >= 4 is 40.2 Å². The minimum atomic E-state index is -1.27. The van der Waals surface area contributed by atoms with E-state index in [9.17, 15) is 9.59 Å². The van der Waals surface area contributed by atoms with Crippen molar-refractivity contribution < 1.29 is 19.8 Å². The first-order valence-electron chi connectivity index (χ1n) is 4.35. The fraction of sp³-hybridized carbons (Fsp3) is 0.625. The molecule has 3 N–H and O–H groups in total. The largest absolute Gasteiger partial charge is 0.480 e. The van der Waals surface area contributed by atoms with Gasteiger partial charge in [0.2, 0.25) is 5.91 Å². The molecule has 0 rings (SSSR count). The Morgan fingerprint density at radius 1 is 1.50 bits per heavy atom. The van der Waals surface area contributed by atoms with Gasteiger partial charge in [0.05, 0.1) is 12.4 Å². The predicted molar refractivity (Wildman–Crippen MR) is 65.4 cm³/mol. The monoisotopic (exact) mass is 266 g/mol. The number of carboxylic acids is 1. The second-order valence-electron chi connectivity index (χ2n) is 3.09. The molecule has 0 aliphatic carbocycles. The lowest BCUT2D eigenvalue weighted by Gasteiger charge is -2.14. The van der Waals surface area contributed by atoms with Gasteiger partial charge in [-0.15, -0.1) is 0 Å². The number of carbonyl (C=O) groups is 2. The number of hydrogen-bond acceptors (Lipinski definition) is 5. The molecular weight excluding hydrogens is 252 g/mol. The number of thioether (sulfide) groups is 1. The van der Waals surface area contributed by atoms with Gasteiger partial charge in [-0.3, -0.25) is 4.79 Å². The van der Waals surface area contributed by atoms with E-state index in [-0.39, 0.29) is 5.75 Å². The quantitative estimate of drug-likeness (QED) is 0.557. The van der Waals surface area contributed by atoms with Crippen LogP contribution in [-0.4, -0.2) is 63.8 Å². The van der Waals surface area contributed by atoms with Crippen LogP contribution in [-0.2, 0) is 9.59 Å². The molecule has 92 valence electrons. The molecule has 0 fully saturated rings. The summed E-state index contributed by atoms with van der Waals surface area (Å²) in [6, 6.07) is -1.26. The van der Waals surface area contributed by atoms with Gasteiger partial charge >= 0.3 is 5.97 Å². The highest BCUT2D eigenvalue weighted by atomic mass is 32.2. The molecule has 1 amide bonds. The summed E-state index contributed by atoms with van der Waals surface area (Å²) >= 11 is 6.06. The zero-order chi connectivity index (χ0) is 12.7. The van der Waals surface area contributed by atoms with Crippen LogP contribution in [0.15, 0.2) is 0 Å². The summed E-state index contributed by atoms with van der Waals surface area (Å²) in [7, 11) is 3.50. The molecule has 16 heavy (non-hydrogen) atoms. The van der Waals surface area contributed by atoms with Crippen LogP contribution < -0.4 is 5.32 Å². The maximum Gasteiger partial charge on any atom is 0.328 e. The summed E-state index contributed by atoms with van der Waals surface area (Å²) in [6.07, 6.45) is 0. The van der Waals surface area contributed by atoms with Gasteiger partial charge < -0.3 is 20.4 Å². The lowest BCUT2D eigenvalue weighted by Crippen LogP contribution is -2.44. The number of thiocarbonyl (C=S) groups is 1. The Morgan fingerprint density at radius 3 is 2.44 bits per heavy atom. The molecule has 0 aromatic rings. The van der Waals surface area contributed by atoms with E-state index in [1.54, 1.807) is 19.0 Å². The van der Waals surface area contributed by atoms with Crippen molar-refractivity contribution in [3.63, 3.8) is 0 Å². The van der Waals surface area contributed by atoms with Gasteiger partial charge in [0.1, 0.15) is 10.4 Å². The van der Waals surface area contributed by atoms with Gasteiger partial charge in [-0.25, -0.2) is 4.79 Å². The summed E-state index contributed by atoms with van der Waals surface area (Å²) in [4.78, 5) is 23.4. The Balaban J connectivity index is 3.99. The average molecular weight is 266 g/mol. The number of aliphatic hydroxyl groups excluding tert-OH is 1. The molecule has 0 spiro atoms. The smallest absolute Gasteiger partial charge is 0.328 e. The first-order chi connectivity index (χ1) is 7.38. The molecule has 0 bridgehead atoms. The number of rotatable bonds is 5. The van der Waals surface area contributed by atoms with E-state index in [4.69, 9.17) is 22.4 Å². The van der Waals surface area contributed by atoms with E-state index in [0.29, 0.717) is 4.32 Å². The van der Waals surface area contributed by atoms with Crippen molar-refractivity contribution in [2.75, 3.05) is 26.5 Å². The van der Waals surface area contributed by atoms with Crippen LogP contribution in [0, 0.1) is 0 Å². The summed E-state index contributed by atoms with van der Waals surface area (Å²) < 4.78 is 0.533. The van der Waals surface area contributed by atoms with Crippen molar-refractivity contribution in [3.8, 4) is 0 Å². The molecule has 0 saturated heterocycles. The van der Waals surface area contributed by atoms with E-state index in [0.717, 1.165) is 11.8 Å². The second-order valence-corrected chi connectivity index (χ2v) is 4.70. The molecule has 0 aliphatic rings. The van der Waals surface area contributed by atoms with E-state index in [1.807, 2.05) is 0 Å². The van der Waals surface area contributed by atoms with Gasteiger partial charge in [0, 0.05) is 14.1 Å². The minimum Gasteiger partial charge on any atom is -0.480 e. The molecule has 8 heteroatoms. The minimum absolute atomic E-state index is 0.0286. The molecule has 0 aromatic carbocycles. The fourth-order valence-electron chi connectivity index (χ4n) is 0.678. The summed E-state index contributed by atoms with van der Waals surface area (Å²) in [5, 5.41) is 19.4. The van der Waals surface area contributed by atoms with E-state index in [2.05, 4.69) is 5.32 Å². The van der Waals surface area contributed by atoms with Crippen LogP contribution in [0.2, 0.25) is 0 Å². The van der Waals surface area contributed by atoms with Crippen LogP contribution in [0.1, 0.15) is 0 Å². The van der Waals surface area contributed by atoms with Crippen LogP contribution in [0.25, 0.3) is 0 Å². The van der Waals surface area contributed by atoms with Crippen molar-refractivity contribution in [3.05, 3.63) is 0 Å². The van der Waals surface area contributed by atoms with Gasteiger partial charge in [0.15, 0.2) is 0 Å². The highest BCUT2D eigenvalue weighted by Crippen LogP contribution is 2.05. The number of hydrogen-bond donors (Lipinski definition) is 3. The lowest BCUT2D eigenvalue weighted by molar-refractivity contribution is -0.142. The molecule has 0 saturated carbocycles. The van der Waals surface area contributed by atoms with Crippen LogP contribution in [0.4, 0.5) is 0 Å². The third kappa shape index (κ3) is 5.89. The number of carboxylic acid groups (broad SMARTS) is 1. The zero-order valence-electron chi connectivity index (χ0n) is 8.97. The van der Waals surface area contributed by atoms with Crippen molar-refractivity contribution in [2.24, 2.45) is 0 Å². The number of nitrogens with one attached hydrogen (secondary N) is 1. The van der Waals surface area contributed by atoms with Gasteiger partial charge in [-0.1, -0.05) is 24.0 Å². The Bertz CT molecular complexity index is 283. The number of aliphatic carboxylic acids is 1. The number of aliphatic hydroxyl groups is 1. The SMILES string of the molecule is CN(C)C(=S)SCC(=O)NC(CO)C(=O)O. The highest BCUT2D eigenvalue weighted by Gasteiger charge is 2.18. The summed E-state index contributed by atoms with van der Waals surface area (Å²) in [5.74, 6) is -1.72. The third-order valence-corrected chi connectivity index (χ3v) is 3.25. The maximum atomic E-state index is 11.3. The molecule has 0 aromatic heterocycles. The number of amides is 1. The average Bonchev–Trinajstić information content (AvgIpc) is 2.21. The second kappa shape index (κ2) is 7.42. The standard InChI is InChI=1S/C8H14N2O4S2/c1-10(2)8(15)16-4-6(12)9-5(3-11)7(13)14/h5,11H,3-4H2,1-2H3,(H,9,12)(H,13,14). The number of carbonyl (C=O) groups excluding carboxylic acids is 1. The summed E-state index contributed by atoms with van der Waals surface area (Å²) in [6.45, 7) is -0.635. The van der Waals surface area contributed by atoms with E-state index >= 15 is 0 Å². The van der Waals surface area contributed by atoms with Crippen molar-refractivity contribution in [1.29, 1.82) is 0 Å². The Labute approximate surface area is 103 Å². The molecule has 0 radical (unpaired) electrons.